The SMILES string of the molecule is C/C=C/C=C/C(=O)NNC(=O)c1ccc(OC(C)C)c(OC)c1. The number of allylic oxidation sites excluding steroid dienone is 3. The second-order valence-electron chi connectivity index (χ2n) is 4.86. The van der Waals surface area contributed by atoms with E-state index in [1.54, 1.807) is 36.4 Å². The van der Waals surface area contributed by atoms with E-state index in [0.29, 0.717) is 17.1 Å². The summed E-state index contributed by atoms with van der Waals surface area (Å²) in [7, 11) is 1.50. The van der Waals surface area contributed by atoms with Crippen LogP contribution in [0.2, 0.25) is 0 Å². The first-order chi connectivity index (χ1) is 11.0. The molecule has 0 aromatic heterocycles. The number of ether oxygens (including phenoxy) is 2. The average Bonchev–Trinajstić information content (AvgIpc) is 2.52. The number of hydrazine groups is 1. The predicted octanol–water partition coefficient (Wildman–Crippen LogP) is 2.38. The Kier molecular flexibility index (Phi) is 7.39. The third-order valence-corrected chi connectivity index (χ3v) is 2.64. The lowest BCUT2D eigenvalue weighted by Gasteiger charge is -2.14. The van der Waals surface area contributed by atoms with Crippen LogP contribution >= 0.6 is 0 Å². The van der Waals surface area contributed by atoms with E-state index in [-0.39, 0.29) is 6.10 Å². The fourth-order valence-corrected chi connectivity index (χ4v) is 1.65. The predicted molar refractivity (Wildman–Crippen MR) is 88.3 cm³/mol. The van der Waals surface area contributed by atoms with Gasteiger partial charge >= 0.3 is 0 Å². The van der Waals surface area contributed by atoms with E-state index in [9.17, 15) is 9.59 Å². The first-order valence-electron chi connectivity index (χ1n) is 7.22. The zero-order valence-electron chi connectivity index (χ0n) is 13.8. The fraction of sp³-hybridized carbons (Fsp3) is 0.294. The van der Waals surface area contributed by atoms with Crippen molar-refractivity contribution in [2.24, 2.45) is 0 Å². The first-order valence-corrected chi connectivity index (χ1v) is 7.22. The molecule has 0 spiro atoms. The van der Waals surface area contributed by atoms with Gasteiger partial charge in [0.2, 0.25) is 0 Å². The van der Waals surface area contributed by atoms with Gasteiger partial charge in [0.15, 0.2) is 11.5 Å². The molecule has 0 aliphatic carbocycles. The Balaban J connectivity index is 2.71. The minimum Gasteiger partial charge on any atom is -0.493 e. The van der Waals surface area contributed by atoms with Crippen LogP contribution in [0.3, 0.4) is 0 Å². The van der Waals surface area contributed by atoms with Crippen molar-refractivity contribution in [1.82, 2.24) is 10.9 Å². The zero-order chi connectivity index (χ0) is 17.2. The van der Waals surface area contributed by atoms with Gasteiger partial charge in [0.1, 0.15) is 0 Å². The molecule has 0 aliphatic heterocycles. The van der Waals surface area contributed by atoms with Crippen molar-refractivity contribution in [1.29, 1.82) is 0 Å². The van der Waals surface area contributed by atoms with Gasteiger partial charge in [-0.2, -0.15) is 0 Å². The molecule has 0 heterocycles. The maximum atomic E-state index is 12.0. The molecule has 2 amide bonds. The van der Waals surface area contributed by atoms with E-state index in [4.69, 9.17) is 9.47 Å². The van der Waals surface area contributed by atoms with Gasteiger partial charge in [0.05, 0.1) is 13.2 Å². The molecule has 124 valence electrons. The fourth-order valence-electron chi connectivity index (χ4n) is 1.65. The highest BCUT2D eigenvalue weighted by atomic mass is 16.5. The van der Waals surface area contributed by atoms with Gasteiger partial charge in [0, 0.05) is 11.6 Å². The van der Waals surface area contributed by atoms with E-state index >= 15 is 0 Å². The Morgan fingerprint density at radius 2 is 1.87 bits per heavy atom. The second-order valence-corrected chi connectivity index (χ2v) is 4.86. The number of nitrogens with one attached hydrogen (secondary N) is 2. The van der Waals surface area contributed by atoms with Gasteiger partial charge in [0.25, 0.3) is 11.8 Å². The average molecular weight is 318 g/mol. The number of benzene rings is 1. The van der Waals surface area contributed by atoms with E-state index in [2.05, 4.69) is 10.9 Å². The molecule has 0 atom stereocenters. The molecule has 1 aromatic carbocycles. The molecule has 0 unspecified atom stereocenters. The monoisotopic (exact) mass is 318 g/mol. The van der Waals surface area contributed by atoms with Crippen LogP contribution in [0.5, 0.6) is 11.5 Å². The number of methoxy groups -OCH3 is 1. The zero-order valence-corrected chi connectivity index (χ0v) is 13.8. The molecule has 6 nitrogen and oxygen atoms in total. The third-order valence-electron chi connectivity index (χ3n) is 2.64. The molecular formula is C17H22N2O4. The van der Waals surface area contributed by atoms with Crippen LogP contribution < -0.4 is 20.3 Å². The lowest BCUT2D eigenvalue weighted by atomic mass is 10.2. The lowest BCUT2D eigenvalue weighted by Crippen LogP contribution is -2.40. The molecule has 2 N–H and O–H groups in total. The molecule has 0 saturated carbocycles. The van der Waals surface area contributed by atoms with Crippen LogP contribution in [-0.2, 0) is 4.79 Å². The van der Waals surface area contributed by atoms with E-state index in [0.717, 1.165) is 0 Å². The summed E-state index contributed by atoms with van der Waals surface area (Å²) in [5, 5.41) is 0. The Bertz CT molecular complexity index is 607. The van der Waals surface area contributed by atoms with Crippen LogP contribution in [-0.4, -0.2) is 25.0 Å². The van der Waals surface area contributed by atoms with E-state index in [1.165, 1.54) is 13.2 Å². The van der Waals surface area contributed by atoms with Crippen LogP contribution in [0, 0.1) is 0 Å². The normalized spacial score (nSPS) is 11.0. The Hall–Kier alpha value is -2.76. The molecule has 1 rings (SSSR count). The summed E-state index contributed by atoms with van der Waals surface area (Å²) in [6.45, 7) is 5.64. The van der Waals surface area contributed by atoms with E-state index in [1.807, 2.05) is 20.8 Å². The number of rotatable bonds is 6. The summed E-state index contributed by atoms with van der Waals surface area (Å²) in [4.78, 5) is 23.5. The van der Waals surface area contributed by atoms with Crippen molar-refractivity contribution >= 4 is 11.8 Å². The quantitative estimate of drug-likeness (QED) is 0.480. The number of hydrogen-bond donors (Lipinski definition) is 2. The summed E-state index contributed by atoms with van der Waals surface area (Å²) in [5.41, 5.74) is 4.96. The maximum Gasteiger partial charge on any atom is 0.269 e. The molecule has 6 heteroatoms. The van der Waals surface area contributed by atoms with Gasteiger partial charge in [-0.3, -0.25) is 20.4 Å². The smallest absolute Gasteiger partial charge is 0.269 e. The second kappa shape index (κ2) is 9.30. The van der Waals surface area contributed by atoms with Gasteiger partial charge in [-0.25, -0.2) is 0 Å². The Morgan fingerprint density at radius 1 is 1.13 bits per heavy atom. The molecule has 0 saturated heterocycles. The molecule has 0 radical (unpaired) electrons. The highest BCUT2D eigenvalue weighted by Gasteiger charge is 2.12. The van der Waals surface area contributed by atoms with Crippen LogP contribution in [0.4, 0.5) is 0 Å². The largest absolute Gasteiger partial charge is 0.493 e. The van der Waals surface area contributed by atoms with Gasteiger partial charge in [-0.1, -0.05) is 18.2 Å². The standard InChI is InChI=1S/C17H22N2O4/c1-5-6-7-8-16(20)18-19-17(21)13-9-10-14(23-12(2)3)15(11-13)22-4/h5-12H,1-4H3,(H,18,20)(H,19,21)/b6-5+,8-7+. The first kappa shape index (κ1) is 18.3. The Morgan fingerprint density at radius 3 is 2.48 bits per heavy atom. The van der Waals surface area contributed by atoms with Crippen molar-refractivity contribution in [3.8, 4) is 11.5 Å². The van der Waals surface area contributed by atoms with Crippen LogP contribution in [0.15, 0.2) is 42.5 Å². The summed E-state index contributed by atoms with van der Waals surface area (Å²) < 4.78 is 10.8. The minimum atomic E-state index is -0.452. The van der Waals surface area contributed by atoms with Crippen LogP contribution in [0.25, 0.3) is 0 Å². The van der Waals surface area contributed by atoms with Gasteiger partial charge < -0.3 is 9.47 Å². The van der Waals surface area contributed by atoms with Gasteiger partial charge in [-0.15, -0.1) is 0 Å². The molecule has 0 aliphatic rings. The minimum absolute atomic E-state index is 0.00757. The highest BCUT2D eigenvalue weighted by molar-refractivity contribution is 5.97. The third kappa shape index (κ3) is 6.25. The van der Waals surface area contributed by atoms with Crippen molar-refractivity contribution in [3.05, 3.63) is 48.1 Å². The van der Waals surface area contributed by atoms with Crippen molar-refractivity contribution in [3.63, 3.8) is 0 Å². The van der Waals surface area contributed by atoms with E-state index < -0.39 is 11.8 Å². The molecule has 0 bridgehead atoms. The number of hydrogen-bond acceptors (Lipinski definition) is 4. The molecule has 23 heavy (non-hydrogen) atoms. The summed E-state index contributed by atoms with van der Waals surface area (Å²) in [5.74, 6) is 0.124. The van der Waals surface area contributed by atoms with Crippen molar-refractivity contribution in [2.75, 3.05) is 7.11 Å². The topological polar surface area (TPSA) is 76.7 Å². The molecule has 0 fully saturated rings. The van der Waals surface area contributed by atoms with Crippen molar-refractivity contribution in [2.45, 2.75) is 26.9 Å². The Labute approximate surface area is 136 Å². The summed E-state index contributed by atoms with van der Waals surface area (Å²) >= 11 is 0. The van der Waals surface area contributed by atoms with Gasteiger partial charge in [-0.05, 0) is 39.0 Å². The summed E-state index contributed by atoms with van der Waals surface area (Å²) in [6.07, 6.45) is 6.37. The lowest BCUT2D eigenvalue weighted by molar-refractivity contribution is -0.117. The number of carbonyl (C=O) groups excluding carboxylic acids is 2. The maximum absolute atomic E-state index is 12.0. The van der Waals surface area contributed by atoms with Crippen molar-refractivity contribution < 1.29 is 19.1 Å². The number of carbonyl (C=O) groups is 2. The van der Waals surface area contributed by atoms with Crippen LogP contribution in [0.1, 0.15) is 31.1 Å². The summed E-state index contributed by atoms with van der Waals surface area (Å²) in [6, 6.07) is 4.80. The number of amides is 2. The highest BCUT2D eigenvalue weighted by Crippen LogP contribution is 2.28. The molecule has 1 aromatic rings. The molecular weight excluding hydrogens is 296 g/mol.